The molecular weight excluding hydrogens is 586 g/mol. The Bertz CT molecular complexity index is 768. The van der Waals surface area contributed by atoms with Crippen LogP contribution in [0.15, 0.2) is 12.7 Å². The first-order chi connectivity index (χ1) is 21.7. The van der Waals surface area contributed by atoms with E-state index in [1.807, 2.05) is 74.5 Å². The molecule has 2 saturated heterocycles. The first kappa shape index (κ1) is 49.8. The van der Waals surface area contributed by atoms with Crippen LogP contribution in [0.25, 0.3) is 0 Å². The highest BCUT2D eigenvalue weighted by atomic mass is 16.2. The predicted molar refractivity (Wildman–Crippen MR) is 205 cm³/mol. The number of piperazine rings is 1. The normalized spacial score (nSPS) is 16.0. The van der Waals surface area contributed by atoms with Crippen LogP contribution in [0, 0.1) is 23.7 Å². The second kappa shape index (κ2) is 29.3. The lowest BCUT2D eigenvalue weighted by Crippen LogP contribution is -2.47. The molecule has 0 atom stereocenters. The molecule has 47 heavy (non-hydrogen) atoms. The van der Waals surface area contributed by atoms with Crippen molar-refractivity contribution in [3.05, 3.63) is 12.7 Å². The van der Waals surface area contributed by atoms with E-state index >= 15 is 0 Å². The van der Waals surface area contributed by atoms with Crippen LogP contribution in [-0.4, -0.2) is 135 Å². The number of allylic oxidation sites excluding steroid dienone is 1. The Morgan fingerprint density at radius 3 is 1.53 bits per heavy atom. The minimum atomic E-state index is 0.139. The molecule has 0 aromatic carbocycles. The summed E-state index contributed by atoms with van der Waals surface area (Å²) in [6, 6.07) is 1.06. The molecule has 2 aliphatic rings. The highest BCUT2D eigenvalue weighted by molar-refractivity contribution is 5.89. The molecule has 8 heteroatoms. The Morgan fingerprint density at radius 2 is 1.26 bits per heavy atom. The minimum Gasteiger partial charge on any atom is -0.343 e. The van der Waals surface area contributed by atoms with Gasteiger partial charge < -0.3 is 19.6 Å². The van der Waals surface area contributed by atoms with Crippen molar-refractivity contribution in [2.75, 3.05) is 81.1 Å². The number of piperidine rings is 1. The topological polar surface area (TPSA) is 67.4 Å². The van der Waals surface area contributed by atoms with Gasteiger partial charge in [0.25, 0.3) is 0 Å². The average molecular weight is 668 g/mol. The lowest BCUT2D eigenvalue weighted by Gasteiger charge is -2.34. The molecule has 0 saturated carbocycles. The summed E-state index contributed by atoms with van der Waals surface area (Å²) in [6.45, 7) is 34.8. The van der Waals surface area contributed by atoms with Crippen molar-refractivity contribution in [1.29, 1.82) is 0 Å². The van der Waals surface area contributed by atoms with Gasteiger partial charge in [-0.2, -0.15) is 0 Å². The van der Waals surface area contributed by atoms with E-state index in [-0.39, 0.29) is 17.6 Å². The molecule has 0 spiro atoms. The number of Topliss-reactive ketones (excluding diaryl/α,β-unsaturated/α-hetero) is 1. The van der Waals surface area contributed by atoms with Gasteiger partial charge in [0.1, 0.15) is 5.78 Å². The Kier molecular flexibility index (Phi) is 31.0. The third-order valence-corrected chi connectivity index (χ3v) is 8.73. The van der Waals surface area contributed by atoms with Crippen LogP contribution in [0.3, 0.4) is 0 Å². The van der Waals surface area contributed by atoms with Crippen LogP contribution in [0.5, 0.6) is 0 Å². The van der Waals surface area contributed by atoms with Crippen LogP contribution in [0.1, 0.15) is 108 Å². The van der Waals surface area contributed by atoms with E-state index in [1.54, 1.807) is 4.90 Å². The van der Waals surface area contributed by atoms with Gasteiger partial charge in [-0.15, -0.1) is 0 Å². The molecule has 0 unspecified atom stereocenters. The summed E-state index contributed by atoms with van der Waals surface area (Å²) in [6.07, 6.45) is 6.12. The lowest BCUT2D eigenvalue weighted by molar-refractivity contribution is -0.131. The molecule has 0 aliphatic carbocycles. The largest absolute Gasteiger partial charge is 0.343 e. The molecule has 2 fully saturated rings. The number of likely N-dealkylation sites (tertiary alicyclic amines) is 1. The molecule has 0 aromatic rings. The molecule has 0 radical (unpaired) electrons. The van der Waals surface area contributed by atoms with Gasteiger partial charge in [0.2, 0.25) is 5.91 Å². The zero-order valence-electron chi connectivity index (χ0n) is 34.2. The fraction of sp³-hybridized carbons (Fsp3) is 0.872. The van der Waals surface area contributed by atoms with E-state index in [9.17, 15) is 14.4 Å². The van der Waals surface area contributed by atoms with Crippen LogP contribution in [0.2, 0.25) is 0 Å². The van der Waals surface area contributed by atoms with E-state index in [1.165, 1.54) is 58.2 Å². The average Bonchev–Trinajstić information content (AvgIpc) is 3.00. The fourth-order valence-corrected chi connectivity index (χ4v) is 4.68. The number of nitrogens with zero attached hydrogens (tertiary/aromatic N) is 5. The second-order valence-electron chi connectivity index (χ2n) is 15.2. The summed E-state index contributed by atoms with van der Waals surface area (Å²) >= 11 is 0. The molecule has 0 N–H and O–H groups in total. The van der Waals surface area contributed by atoms with Gasteiger partial charge in [-0.3, -0.25) is 19.3 Å². The summed E-state index contributed by atoms with van der Waals surface area (Å²) in [4.78, 5) is 43.5. The van der Waals surface area contributed by atoms with Gasteiger partial charge in [0.05, 0.1) is 0 Å². The number of rotatable bonds is 11. The molecule has 2 aliphatic heterocycles. The van der Waals surface area contributed by atoms with Crippen LogP contribution < -0.4 is 0 Å². The third kappa shape index (κ3) is 30.2. The van der Waals surface area contributed by atoms with Crippen LogP contribution in [-0.2, 0) is 14.4 Å². The zero-order chi connectivity index (χ0) is 37.3. The summed E-state index contributed by atoms with van der Waals surface area (Å²) in [5, 5.41) is 0. The predicted octanol–water partition coefficient (Wildman–Crippen LogP) is 6.84. The summed E-state index contributed by atoms with van der Waals surface area (Å²) in [7, 11) is 10.2. The van der Waals surface area contributed by atoms with E-state index < -0.39 is 0 Å². The Morgan fingerprint density at radius 1 is 0.787 bits per heavy atom. The molecule has 0 aromatic heterocycles. The Hall–Kier alpha value is -1.61. The molecule has 2 heterocycles. The van der Waals surface area contributed by atoms with E-state index in [2.05, 4.69) is 63.1 Å². The summed E-state index contributed by atoms with van der Waals surface area (Å²) in [5.41, 5.74) is 0. The lowest BCUT2D eigenvalue weighted by atomic mass is 9.87. The van der Waals surface area contributed by atoms with Crippen molar-refractivity contribution in [2.24, 2.45) is 23.7 Å². The maximum Gasteiger partial charge on any atom is 0.222 e. The van der Waals surface area contributed by atoms with Crippen LogP contribution >= 0.6 is 0 Å². The monoisotopic (exact) mass is 668 g/mol. The van der Waals surface area contributed by atoms with Gasteiger partial charge >= 0.3 is 0 Å². The molecule has 8 nitrogen and oxygen atoms in total. The maximum atomic E-state index is 11.0. The van der Waals surface area contributed by atoms with Gasteiger partial charge in [0, 0.05) is 77.0 Å². The zero-order valence-corrected chi connectivity index (χ0v) is 34.2. The van der Waals surface area contributed by atoms with E-state index in [0.29, 0.717) is 37.0 Å². The first-order valence-corrected chi connectivity index (χ1v) is 18.4. The number of hydrogen-bond donors (Lipinski definition) is 0. The SMILES string of the molecule is C=CC(=O)CC(C)C.CC(C)C(=O)CCN(C)C.CC(C)C1CCN(C)CC1.CC(C)N1CCN(C)CC1.CCC(=O)N(C)C(C)C. The van der Waals surface area contributed by atoms with Crippen molar-refractivity contribution in [3.63, 3.8) is 0 Å². The number of ketones is 2. The summed E-state index contributed by atoms with van der Waals surface area (Å²) < 4.78 is 0. The van der Waals surface area contributed by atoms with Crippen molar-refractivity contribution < 1.29 is 14.4 Å². The Balaban J connectivity index is -0.000000516. The van der Waals surface area contributed by atoms with Crippen LogP contribution in [0.4, 0.5) is 0 Å². The smallest absolute Gasteiger partial charge is 0.222 e. The van der Waals surface area contributed by atoms with Crippen molar-refractivity contribution >= 4 is 17.5 Å². The number of carbonyl (C=O) groups is 3. The molecule has 280 valence electrons. The van der Waals surface area contributed by atoms with Crippen molar-refractivity contribution in [1.82, 2.24) is 24.5 Å². The second-order valence-corrected chi connectivity index (χ2v) is 15.2. The van der Waals surface area contributed by atoms with Crippen molar-refractivity contribution in [2.45, 2.75) is 120 Å². The van der Waals surface area contributed by atoms with Gasteiger partial charge in [-0.1, -0.05) is 55.0 Å². The minimum absolute atomic E-state index is 0.139. The molecule has 1 amide bonds. The molecule has 0 bridgehead atoms. The van der Waals surface area contributed by atoms with Gasteiger partial charge in [0.15, 0.2) is 5.78 Å². The van der Waals surface area contributed by atoms with Crippen molar-refractivity contribution in [3.8, 4) is 0 Å². The van der Waals surface area contributed by atoms with E-state index in [4.69, 9.17) is 0 Å². The highest BCUT2D eigenvalue weighted by Gasteiger charge is 2.19. The highest BCUT2D eigenvalue weighted by Crippen LogP contribution is 2.23. The van der Waals surface area contributed by atoms with Gasteiger partial charge in [-0.05, 0) is 106 Å². The fourth-order valence-electron chi connectivity index (χ4n) is 4.68. The number of carbonyl (C=O) groups excluding carboxylic acids is 3. The number of amides is 1. The third-order valence-electron chi connectivity index (χ3n) is 8.73. The number of likely N-dealkylation sites (N-methyl/N-ethyl adjacent to an activating group) is 1. The van der Waals surface area contributed by atoms with Gasteiger partial charge in [-0.25, -0.2) is 0 Å². The molecule has 2 rings (SSSR count). The molecular formula is C39H81N5O3. The number of hydrogen-bond acceptors (Lipinski definition) is 7. The Labute approximate surface area is 293 Å². The quantitative estimate of drug-likeness (QED) is 0.224. The first-order valence-electron chi connectivity index (χ1n) is 18.4. The summed E-state index contributed by atoms with van der Waals surface area (Å²) in [5.74, 6) is 3.25. The standard InChI is InChI=1S/C9H19N.C8H18N2.C8H17NO.C7H15NO.C7H12O/c1-8(2)9-4-6-10(3)7-5-9;1-8(2)10-6-4-9(3)5-7-10;1-7(2)8(10)5-6-9(3)4;1-5-7(9)8(4)6(2)3;1-4-7(8)5-6(2)3/h8-9H,4-7H2,1-3H3;8H,4-7H2,1-3H3;7H,5-6H2,1-4H3;6H,5H2,1-4H3;4,6H,1,5H2,2-3H3. The maximum absolute atomic E-state index is 11.0. The van der Waals surface area contributed by atoms with E-state index in [0.717, 1.165) is 24.4 Å².